The lowest BCUT2D eigenvalue weighted by atomic mass is 10.3. The van der Waals surface area contributed by atoms with Gasteiger partial charge in [-0.2, -0.15) is 0 Å². The molecule has 0 aromatic carbocycles. The first-order chi connectivity index (χ1) is 6.27. The first-order valence-corrected chi connectivity index (χ1v) is 5.51. The van der Waals surface area contributed by atoms with E-state index in [-0.39, 0.29) is 11.9 Å². The zero-order chi connectivity index (χ0) is 9.26. The van der Waals surface area contributed by atoms with Gasteiger partial charge >= 0.3 is 0 Å². The number of nitrogens with zero attached hydrogens (tertiary/aromatic N) is 2. The molecule has 13 heavy (non-hydrogen) atoms. The van der Waals surface area contributed by atoms with Crippen LogP contribution < -0.4 is 5.73 Å². The van der Waals surface area contributed by atoms with Gasteiger partial charge in [-0.3, -0.25) is 4.79 Å². The van der Waals surface area contributed by atoms with Crippen LogP contribution in [0.15, 0.2) is 4.99 Å². The molecule has 2 aliphatic rings. The van der Waals surface area contributed by atoms with E-state index in [0.29, 0.717) is 5.17 Å². The van der Waals surface area contributed by atoms with E-state index in [0.717, 1.165) is 31.7 Å². The van der Waals surface area contributed by atoms with Crippen LogP contribution in [-0.2, 0) is 4.79 Å². The summed E-state index contributed by atoms with van der Waals surface area (Å²) in [6.45, 7) is 1.80. The summed E-state index contributed by atoms with van der Waals surface area (Å²) < 4.78 is 0. The molecular formula is C8H13N3OS. The summed E-state index contributed by atoms with van der Waals surface area (Å²) in [5, 5.41) is 0.553. The lowest BCUT2D eigenvalue weighted by molar-refractivity contribution is -0.130. The number of hydrogen-bond donors (Lipinski definition) is 1. The molecule has 0 bridgehead atoms. The van der Waals surface area contributed by atoms with Crippen LogP contribution in [0.4, 0.5) is 0 Å². The summed E-state index contributed by atoms with van der Waals surface area (Å²) in [6, 6.07) is -0.205. The van der Waals surface area contributed by atoms with Gasteiger partial charge in [-0.05, 0) is 12.8 Å². The molecule has 0 aliphatic carbocycles. The van der Waals surface area contributed by atoms with Gasteiger partial charge in [-0.25, -0.2) is 4.99 Å². The number of rotatable bonds is 1. The van der Waals surface area contributed by atoms with E-state index in [4.69, 9.17) is 5.73 Å². The average molecular weight is 199 g/mol. The largest absolute Gasteiger partial charge is 0.379 e. The van der Waals surface area contributed by atoms with Gasteiger partial charge in [0.15, 0.2) is 5.17 Å². The predicted octanol–water partition coefficient (Wildman–Crippen LogP) is 0.0389. The standard InChI is InChI=1S/C8H13N3OS/c9-8-10-6(5-13-8)7(12)11-3-1-2-4-11/h6H,1-5H2,(H2,9,10). The molecular weight excluding hydrogens is 186 g/mol. The maximum atomic E-state index is 11.7. The lowest BCUT2D eigenvalue weighted by Crippen LogP contribution is -2.36. The van der Waals surface area contributed by atoms with Crippen LogP contribution in [0.2, 0.25) is 0 Å². The normalized spacial score (nSPS) is 27.8. The molecule has 2 aliphatic heterocycles. The van der Waals surface area contributed by atoms with Gasteiger partial charge in [0.2, 0.25) is 5.91 Å². The first-order valence-electron chi connectivity index (χ1n) is 4.52. The third-order valence-electron chi connectivity index (χ3n) is 2.37. The number of nitrogens with two attached hydrogens (primary N) is 1. The summed E-state index contributed by atoms with van der Waals surface area (Å²) >= 11 is 1.47. The Labute approximate surface area is 81.6 Å². The Bertz CT molecular complexity index is 248. The Morgan fingerprint density at radius 3 is 2.77 bits per heavy atom. The number of amides is 1. The lowest BCUT2D eigenvalue weighted by Gasteiger charge is -2.17. The van der Waals surface area contributed by atoms with Crippen molar-refractivity contribution in [2.24, 2.45) is 10.7 Å². The van der Waals surface area contributed by atoms with Crippen molar-refractivity contribution in [2.45, 2.75) is 18.9 Å². The van der Waals surface area contributed by atoms with Crippen LogP contribution in [0.3, 0.4) is 0 Å². The molecule has 0 aromatic heterocycles. The number of amidine groups is 1. The van der Waals surface area contributed by atoms with E-state index in [1.807, 2.05) is 4.90 Å². The Morgan fingerprint density at radius 1 is 1.54 bits per heavy atom. The topological polar surface area (TPSA) is 58.7 Å². The highest BCUT2D eigenvalue weighted by Crippen LogP contribution is 2.19. The van der Waals surface area contributed by atoms with Crippen molar-refractivity contribution in [2.75, 3.05) is 18.8 Å². The van der Waals surface area contributed by atoms with Gasteiger partial charge in [0, 0.05) is 18.8 Å². The number of thioether (sulfide) groups is 1. The summed E-state index contributed by atoms with van der Waals surface area (Å²) in [5.74, 6) is 0.881. The summed E-state index contributed by atoms with van der Waals surface area (Å²) in [5.41, 5.74) is 5.50. The second-order valence-corrected chi connectivity index (χ2v) is 4.37. The van der Waals surface area contributed by atoms with Crippen molar-refractivity contribution in [1.29, 1.82) is 0 Å². The molecule has 72 valence electrons. The number of hydrogen-bond acceptors (Lipinski definition) is 4. The SMILES string of the molecule is NC1=NC(C(=O)N2CCCC2)CS1. The first kappa shape index (κ1) is 8.87. The van der Waals surface area contributed by atoms with E-state index in [9.17, 15) is 4.79 Å². The highest BCUT2D eigenvalue weighted by molar-refractivity contribution is 8.14. The van der Waals surface area contributed by atoms with E-state index < -0.39 is 0 Å². The quantitative estimate of drug-likeness (QED) is 0.648. The molecule has 1 saturated heterocycles. The number of likely N-dealkylation sites (tertiary alicyclic amines) is 1. The molecule has 5 heteroatoms. The zero-order valence-electron chi connectivity index (χ0n) is 7.40. The second-order valence-electron chi connectivity index (χ2n) is 3.33. The average Bonchev–Trinajstić information content (AvgIpc) is 2.72. The van der Waals surface area contributed by atoms with Gasteiger partial charge < -0.3 is 10.6 Å². The minimum Gasteiger partial charge on any atom is -0.379 e. The third kappa shape index (κ3) is 1.80. The maximum absolute atomic E-state index is 11.7. The molecule has 1 unspecified atom stereocenters. The zero-order valence-corrected chi connectivity index (χ0v) is 8.22. The summed E-state index contributed by atoms with van der Waals surface area (Å²) in [7, 11) is 0. The van der Waals surface area contributed by atoms with Gasteiger partial charge in [-0.1, -0.05) is 11.8 Å². The number of carbonyl (C=O) groups is 1. The molecule has 1 atom stereocenters. The van der Waals surface area contributed by atoms with Gasteiger partial charge in [0.25, 0.3) is 0 Å². The summed E-state index contributed by atoms with van der Waals surface area (Å²) in [4.78, 5) is 17.7. The van der Waals surface area contributed by atoms with Crippen molar-refractivity contribution in [3.63, 3.8) is 0 Å². The van der Waals surface area contributed by atoms with Gasteiger partial charge in [0.1, 0.15) is 6.04 Å². The number of carbonyl (C=O) groups excluding carboxylic acids is 1. The molecule has 2 heterocycles. The molecule has 2 N–H and O–H groups in total. The van der Waals surface area contributed by atoms with Crippen molar-refractivity contribution in [3.8, 4) is 0 Å². The van der Waals surface area contributed by atoms with E-state index >= 15 is 0 Å². The smallest absolute Gasteiger partial charge is 0.248 e. The maximum Gasteiger partial charge on any atom is 0.248 e. The third-order valence-corrected chi connectivity index (χ3v) is 3.26. The number of aliphatic imine (C=N–C) groups is 1. The monoisotopic (exact) mass is 199 g/mol. The van der Waals surface area contributed by atoms with Crippen LogP contribution in [0.5, 0.6) is 0 Å². The minimum atomic E-state index is -0.205. The highest BCUT2D eigenvalue weighted by Gasteiger charge is 2.29. The molecule has 0 spiro atoms. The van der Waals surface area contributed by atoms with Gasteiger partial charge in [0.05, 0.1) is 0 Å². The Balaban J connectivity index is 1.97. The van der Waals surface area contributed by atoms with Crippen molar-refractivity contribution in [3.05, 3.63) is 0 Å². The fraction of sp³-hybridized carbons (Fsp3) is 0.750. The fourth-order valence-corrected chi connectivity index (χ4v) is 2.41. The van der Waals surface area contributed by atoms with Crippen LogP contribution >= 0.6 is 11.8 Å². The van der Waals surface area contributed by atoms with E-state index in [1.165, 1.54) is 11.8 Å². The van der Waals surface area contributed by atoms with Crippen LogP contribution in [0, 0.1) is 0 Å². The van der Waals surface area contributed by atoms with Crippen LogP contribution in [-0.4, -0.2) is 40.9 Å². The summed E-state index contributed by atoms with van der Waals surface area (Å²) in [6.07, 6.45) is 2.26. The van der Waals surface area contributed by atoms with Crippen molar-refractivity contribution in [1.82, 2.24) is 4.90 Å². The molecule has 0 saturated carbocycles. The molecule has 1 fully saturated rings. The predicted molar refractivity (Wildman–Crippen MR) is 53.7 cm³/mol. The Hall–Kier alpha value is -0.710. The molecule has 0 aromatic rings. The van der Waals surface area contributed by atoms with Crippen molar-refractivity contribution < 1.29 is 4.79 Å². The van der Waals surface area contributed by atoms with Crippen molar-refractivity contribution >= 4 is 22.8 Å². The van der Waals surface area contributed by atoms with E-state index in [2.05, 4.69) is 4.99 Å². The van der Waals surface area contributed by atoms with E-state index in [1.54, 1.807) is 0 Å². The molecule has 1 amide bonds. The highest BCUT2D eigenvalue weighted by atomic mass is 32.2. The molecule has 2 rings (SSSR count). The molecule has 0 radical (unpaired) electrons. The minimum absolute atomic E-state index is 0.158. The van der Waals surface area contributed by atoms with Gasteiger partial charge in [-0.15, -0.1) is 0 Å². The Kier molecular flexibility index (Phi) is 2.44. The Morgan fingerprint density at radius 2 is 2.23 bits per heavy atom. The molecule has 4 nitrogen and oxygen atoms in total. The van der Waals surface area contributed by atoms with Crippen LogP contribution in [0.25, 0.3) is 0 Å². The second kappa shape index (κ2) is 3.57. The van der Waals surface area contributed by atoms with Crippen LogP contribution in [0.1, 0.15) is 12.8 Å². The fourth-order valence-electron chi connectivity index (χ4n) is 1.67.